The molecule has 2 rings (SSSR count). The van der Waals surface area contributed by atoms with Gasteiger partial charge >= 0.3 is 0 Å². The lowest BCUT2D eigenvalue weighted by Crippen LogP contribution is -2.20. The average Bonchev–Trinajstić information content (AvgIpc) is 2.81. The number of thioether (sulfide) groups is 1. The van der Waals surface area contributed by atoms with Crippen molar-refractivity contribution in [2.75, 3.05) is 18.1 Å². The fourth-order valence-corrected chi connectivity index (χ4v) is 2.12. The lowest BCUT2D eigenvalue weighted by molar-refractivity contribution is 0.127. The smallest absolute Gasteiger partial charge is 0.209 e. The predicted octanol–water partition coefficient (Wildman–Crippen LogP) is 0.324. The molecule has 1 heterocycles. The van der Waals surface area contributed by atoms with Gasteiger partial charge in [0.1, 0.15) is 12.4 Å². The second-order valence-corrected chi connectivity index (χ2v) is 4.89. The molecular weight excluding hydrogens is 266 g/mol. The zero-order valence-electron chi connectivity index (χ0n) is 10.4. The number of tetrazole rings is 1. The van der Waals surface area contributed by atoms with E-state index in [0.717, 1.165) is 0 Å². The SMILES string of the molecule is Cn1nnnc1SCC(O)COc1ccccc1N. The van der Waals surface area contributed by atoms with Gasteiger partial charge in [0.05, 0.1) is 11.8 Å². The van der Waals surface area contributed by atoms with Crippen molar-refractivity contribution in [2.45, 2.75) is 11.3 Å². The summed E-state index contributed by atoms with van der Waals surface area (Å²) < 4.78 is 7.00. The Morgan fingerprint density at radius 1 is 1.47 bits per heavy atom. The Hall–Kier alpha value is -1.80. The normalized spacial score (nSPS) is 12.3. The summed E-state index contributed by atoms with van der Waals surface area (Å²) >= 11 is 1.37. The van der Waals surface area contributed by atoms with Gasteiger partial charge in [-0.2, -0.15) is 0 Å². The highest BCUT2D eigenvalue weighted by atomic mass is 32.2. The van der Waals surface area contributed by atoms with Crippen LogP contribution in [-0.2, 0) is 7.05 Å². The molecule has 0 aliphatic heterocycles. The third kappa shape index (κ3) is 3.83. The maximum atomic E-state index is 9.83. The number of para-hydroxylation sites is 2. The van der Waals surface area contributed by atoms with Crippen molar-refractivity contribution in [2.24, 2.45) is 7.05 Å². The zero-order valence-corrected chi connectivity index (χ0v) is 11.2. The molecule has 0 aliphatic carbocycles. The summed E-state index contributed by atoms with van der Waals surface area (Å²) in [7, 11) is 1.75. The van der Waals surface area contributed by atoms with Crippen molar-refractivity contribution in [1.29, 1.82) is 0 Å². The molecule has 8 heteroatoms. The van der Waals surface area contributed by atoms with E-state index in [1.807, 2.05) is 12.1 Å². The van der Waals surface area contributed by atoms with Gasteiger partial charge in [0.2, 0.25) is 5.16 Å². The molecule has 0 spiro atoms. The Labute approximate surface area is 114 Å². The predicted molar refractivity (Wildman–Crippen MR) is 71.9 cm³/mol. The van der Waals surface area contributed by atoms with E-state index >= 15 is 0 Å². The number of nitrogen functional groups attached to an aromatic ring is 1. The molecule has 0 bridgehead atoms. The summed E-state index contributed by atoms with van der Waals surface area (Å²) in [6.07, 6.45) is -0.624. The molecule has 1 atom stereocenters. The van der Waals surface area contributed by atoms with Crippen LogP contribution in [0.1, 0.15) is 0 Å². The number of aromatic nitrogens is 4. The summed E-state index contributed by atoms with van der Waals surface area (Å²) in [5.74, 6) is 1.02. The van der Waals surface area contributed by atoms with E-state index in [-0.39, 0.29) is 6.61 Å². The molecule has 2 aromatic rings. The van der Waals surface area contributed by atoms with E-state index in [9.17, 15) is 5.11 Å². The van der Waals surface area contributed by atoms with E-state index in [1.165, 1.54) is 11.8 Å². The second-order valence-electron chi connectivity index (χ2n) is 3.90. The molecule has 7 nitrogen and oxygen atoms in total. The monoisotopic (exact) mass is 281 g/mol. The third-order valence-corrected chi connectivity index (χ3v) is 3.49. The van der Waals surface area contributed by atoms with Gasteiger partial charge in [0.25, 0.3) is 0 Å². The summed E-state index contributed by atoms with van der Waals surface area (Å²) in [5, 5.41) is 21.5. The van der Waals surface area contributed by atoms with Gasteiger partial charge in [-0.3, -0.25) is 0 Å². The highest BCUT2D eigenvalue weighted by Crippen LogP contribution is 2.20. The molecule has 0 saturated carbocycles. The van der Waals surface area contributed by atoms with Gasteiger partial charge in [-0.1, -0.05) is 23.9 Å². The van der Waals surface area contributed by atoms with Crippen LogP contribution >= 0.6 is 11.8 Å². The van der Waals surface area contributed by atoms with Crippen LogP contribution in [0.5, 0.6) is 5.75 Å². The Balaban J connectivity index is 1.77. The van der Waals surface area contributed by atoms with Crippen LogP contribution in [0.25, 0.3) is 0 Å². The molecule has 102 valence electrons. The zero-order chi connectivity index (χ0) is 13.7. The van der Waals surface area contributed by atoms with Gasteiger partial charge in [0.15, 0.2) is 0 Å². The minimum Gasteiger partial charge on any atom is -0.489 e. The van der Waals surface area contributed by atoms with Crippen LogP contribution in [0.4, 0.5) is 5.69 Å². The van der Waals surface area contributed by atoms with Crippen LogP contribution in [0.15, 0.2) is 29.4 Å². The summed E-state index contributed by atoms with van der Waals surface area (Å²) in [6, 6.07) is 7.18. The molecular formula is C11H15N5O2S. The van der Waals surface area contributed by atoms with Crippen LogP contribution in [0, 0.1) is 0 Å². The molecule has 19 heavy (non-hydrogen) atoms. The van der Waals surface area contributed by atoms with Gasteiger partial charge < -0.3 is 15.6 Å². The van der Waals surface area contributed by atoms with Gasteiger partial charge in [-0.15, -0.1) is 5.10 Å². The van der Waals surface area contributed by atoms with Crippen molar-refractivity contribution in [3.05, 3.63) is 24.3 Å². The van der Waals surface area contributed by atoms with Crippen molar-refractivity contribution in [1.82, 2.24) is 20.2 Å². The van der Waals surface area contributed by atoms with E-state index in [2.05, 4.69) is 15.5 Å². The summed E-state index contributed by atoms with van der Waals surface area (Å²) in [4.78, 5) is 0. The highest BCUT2D eigenvalue weighted by Gasteiger charge is 2.10. The quantitative estimate of drug-likeness (QED) is 0.581. The summed E-state index contributed by atoms with van der Waals surface area (Å²) in [5.41, 5.74) is 6.29. The molecule has 3 N–H and O–H groups in total. The van der Waals surface area contributed by atoms with Crippen molar-refractivity contribution < 1.29 is 9.84 Å². The van der Waals surface area contributed by atoms with Crippen LogP contribution < -0.4 is 10.5 Å². The largest absolute Gasteiger partial charge is 0.489 e. The fourth-order valence-electron chi connectivity index (χ4n) is 1.36. The lowest BCUT2D eigenvalue weighted by atomic mass is 10.3. The first kappa shape index (κ1) is 13.6. The number of hydrogen-bond donors (Lipinski definition) is 2. The average molecular weight is 281 g/mol. The standard InChI is InChI=1S/C11H15N5O2S/c1-16-11(13-14-15-16)19-7-8(17)6-18-10-5-3-2-4-9(10)12/h2-5,8,17H,6-7,12H2,1H3. The number of nitrogens with two attached hydrogens (primary N) is 1. The van der Waals surface area contributed by atoms with Gasteiger partial charge in [-0.25, -0.2) is 4.68 Å². The minimum atomic E-state index is -0.624. The Kier molecular flexibility index (Phi) is 4.58. The van der Waals surface area contributed by atoms with Crippen LogP contribution in [0.2, 0.25) is 0 Å². The molecule has 0 radical (unpaired) electrons. The first-order valence-electron chi connectivity index (χ1n) is 5.67. The number of benzene rings is 1. The third-order valence-electron chi connectivity index (χ3n) is 2.34. The number of aryl methyl sites for hydroxylation is 1. The molecule has 0 amide bonds. The Bertz CT molecular complexity index is 533. The molecule has 0 aliphatic rings. The summed E-state index contributed by atoms with van der Waals surface area (Å²) in [6.45, 7) is 0.173. The Morgan fingerprint density at radius 3 is 2.95 bits per heavy atom. The van der Waals surface area contributed by atoms with Crippen molar-refractivity contribution in [3.63, 3.8) is 0 Å². The molecule has 1 unspecified atom stereocenters. The first-order valence-corrected chi connectivity index (χ1v) is 6.66. The minimum absolute atomic E-state index is 0.173. The first-order chi connectivity index (χ1) is 9.16. The highest BCUT2D eigenvalue weighted by molar-refractivity contribution is 7.99. The van der Waals surface area contributed by atoms with E-state index < -0.39 is 6.10 Å². The number of aliphatic hydroxyl groups excluding tert-OH is 1. The van der Waals surface area contributed by atoms with E-state index in [0.29, 0.717) is 22.3 Å². The van der Waals surface area contributed by atoms with Crippen molar-refractivity contribution in [3.8, 4) is 5.75 Å². The number of rotatable bonds is 6. The van der Waals surface area contributed by atoms with Crippen LogP contribution in [-0.4, -0.2) is 43.8 Å². The Morgan fingerprint density at radius 2 is 2.26 bits per heavy atom. The van der Waals surface area contributed by atoms with Gasteiger partial charge in [0, 0.05) is 12.8 Å². The maximum Gasteiger partial charge on any atom is 0.209 e. The van der Waals surface area contributed by atoms with Crippen LogP contribution in [0.3, 0.4) is 0 Å². The molecule has 1 aromatic carbocycles. The molecule has 0 saturated heterocycles. The van der Waals surface area contributed by atoms with E-state index in [4.69, 9.17) is 10.5 Å². The van der Waals surface area contributed by atoms with Crippen molar-refractivity contribution >= 4 is 17.4 Å². The van der Waals surface area contributed by atoms with E-state index in [1.54, 1.807) is 23.9 Å². The lowest BCUT2D eigenvalue weighted by Gasteiger charge is -2.12. The number of ether oxygens (including phenoxy) is 1. The fraction of sp³-hybridized carbons (Fsp3) is 0.364. The molecule has 0 fully saturated rings. The number of nitrogens with zero attached hydrogens (tertiary/aromatic N) is 4. The second kappa shape index (κ2) is 6.39. The molecule has 1 aromatic heterocycles. The number of hydrogen-bond acceptors (Lipinski definition) is 7. The topological polar surface area (TPSA) is 99.1 Å². The number of aliphatic hydroxyl groups is 1. The number of anilines is 1. The maximum absolute atomic E-state index is 9.83. The van der Waals surface area contributed by atoms with Gasteiger partial charge in [-0.05, 0) is 22.6 Å².